The molecule has 0 unspecified atom stereocenters. The average molecular weight is 396 g/mol. The summed E-state index contributed by atoms with van der Waals surface area (Å²) in [5, 5.41) is 0. The summed E-state index contributed by atoms with van der Waals surface area (Å²) in [5.74, 6) is 5.67. The maximum Gasteiger partial charge on any atom is 4.00 e. The zero-order valence-electron chi connectivity index (χ0n) is 17.0. The molecule has 0 aromatic heterocycles. The number of hydrogen-bond acceptors (Lipinski definition) is 0. The zero-order valence-corrected chi connectivity index (χ0v) is 20.1. The molecule has 0 saturated carbocycles. The van der Waals surface area contributed by atoms with Crippen LogP contribution in [0.4, 0.5) is 0 Å². The van der Waals surface area contributed by atoms with Crippen molar-refractivity contribution in [2.75, 3.05) is 0 Å². The minimum Gasteiger partial charge on any atom is -0.412 e. The van der Waals surface area contributed by atoms with Crippen molar-refractivity contribution >= 4 is 0 Å². The van der Waals surface area contributed by atoms with Crippen molar-refractivity contribution in [3.63, 3.8) is 0 Å². The molecule has 0 aliphatic heterocycles. The fourth-order valence-corrected chi connectivity index (χ4v) is 0. The van der Waals surface area contributed by atoms with Crippen molar-refractivity contribution in [1.82, 2.24) is 0 Å². The Kier molecular flexibility index (Phi) is 170. The molecule has 0 fully saturated rings. The first-order valence-corrected chi connectivity index (χ1v) is 6.00. The predicted octanol–water partition coefficient (Wildman–Crippen LogP) is 3.18. The van der Waals surface area contributed by atoms with Crippen LogP contribution in [-0.4, -0.2) is 21.9 Å². The molecule has 0 aliphatic carbocycles. The Morgan fingerprint density at radius 1 is 0.318 bits per heavy atom. The zero-order chi connectivity index (χ0) is 14.3. The van der Waals surface area contributed by atoms with Gasteiger partial charge in [0.1, 0.15) is 0 Å². The Labute approximate surface area is 171 Å². The van der Waals surface area contributed by atoms with Crippen LogP contribution in [0, 0.1) is 23.7 Å². The fraction of sp³-hybridized carbons (Fsp3) is 0.750. The van der Waals surface area contributed by atoms with E-state index >= 15 is 0 Å². The molecule has 0 aromatic rings. The average Bonchev–Trinajstić information content (AvgIpc) is 1.76. The molecule has 0 rings (SSSR count). The van der Waals surface area contributed by atoms with Crippen LogP contribution in [0.25, 0.3) is 0 Å². The Hall–Kier alpha value is 1.27. The van der Waals surface area contributed by atoms with Crippen molar-refractivity contribution < 1.29 is 65.3 Å². The van der Waals surface area contributed by atoms with E-state index in [0.29, 0.717) is 0 Å². The van der Waals surface area contributed by atoms with Crippen LogP contribution in [0.15, 0.2) is 0 Å². The SMILES string of the molecule is C[C-](C)C.C[C-](C)C.C[C-](C)C.C[C-](C)C.O.O.O.O.[Ti+4].[Ti]. The van der Waals surface area contributed by atoms with Crippen LogP contribution in [-0.2, 0) is 43.4 Å². The molecular formula is C16H44O4Ti2. The summed E-state index contributed by atoms with van der Waals surface area (Å²) in [6.07, 6.45) is 0. The van der Waals surface area contributed by atoms with E-state index in [1.165, 1.54) is 23.7 Å². The second-order valence-electron chi connectivity index (χ2n) is 6.00. The summed E-state index contributed by atoms with van der Waals surface area (Å²) >= 11 is 0. The third-order valence-electron chi connectivity index (χ3n) is 0. The molecule has 0 aliphatic rings. The van der Waals surface area contributed by atoms with Crippen LogP contribution in [0.2, 0.25) is 0 Å². The first kappa shape index (κ1) is 65.5. The summed E-state index contributed by atoms with van der Waals surface area (Å²) in [5.41, 5.74) is 0. The van der Waals surface area contributed by atoms with E-state index < -0.39 is 0 Å². The van der Waals surface area contributed by atoms with Gasteiger partial charge < -0.3 is 45.6 Å². The molecule has 6 heteroatoms. The topological polar surface area (TPSA) is 126 Å². The third kappa shape index (κ3) is 5430. The van der Waals surface area contributed by atoms with Crippen LogP contribution >= 0.6 is 0 Å². The van der Waals surface area contributed by atoms with E-state index in [2.05, 4.69) is 83.1 Å². The largest absolute Gasteiger partial charge is 4.00 e. The Morgan fingerprint density at radius 3 is 0.318 bits per heavy atom. The van der Waals surface area contributed by atoms with Crippen molar-refractivity contribution in [2.45, 2.75) is 83.1 Å². The summed E-state index contributed by atoms with van der Waals surface area (Å²) in [4.78, 5) is 0. The molecule has 0 heterocycles. The van der Waals surface area contributed by atoms with Gasteiger partial charge in [-0.3, -0.25) is 0 Å². The Balaban J connectivity index is -0.00000001000. The number of rotatable bonds is 0. The van der Waals surface area contributed by atoms with Crippen molar-refractivity contribution in [1.29, 1.82) is 0 Å². The van der Waals surface area contributed by atoms with Gasteiger partial charge in [0.15, 0.2) is 0 Å². The quantitative estimate of drug-likeness (QED) is 0.441. The molecule has 0 atom stereocenters. The van der Waals surface area contributed by atoms with Gasteiger partial charge in [0, 0.05) is 21.7 Å². The molecule has 0 bridgehead atoms. The van der Waals surface area contributed by atoms with Crippen LogP contribution in [0.1, 0.15) is 83.1 Å². The van der Waals surface area contributed by atoms with Gasteiger partial charge in [0.2, 0.25) is 0 Å². The minimum absolute atomic E-state index is 0. The van der Waals surface area contributed by atoms with Gasteiger partial charge >= 0.3 is 21.7 Å². The van der Waals surface area contributed by atoms with Gasteiger partial charge in [0.05, 0.1) is 0 Å². The van der Waals surface area contributed by atoms with E-state index in [0.717, 1.165) is 0 Å². The standard InChI is InChI=1S/4C4H9.4H2O.2Ti/c4*1-4(2)3;;;;;;/h4*1-3H3;4*1H2;;/q4*-1;;;;;;+4. The van der Waals surface area contributed by atoms with Gasteiger partial charge in [-0.2, -0.15) is 83.1 Å². The molecule has 4 nitrogen and oxygen atoms in total. The molecule has 0 spiro atoms. The summed E-state index contributed by atoms with van der Waals surface area (Å²) in [6.45, 7) is 25.0. The Bertz CT molecular complexity index is 67.1. The van der Waals surface area contributed by atoms with Crippen molar-refractivity contribution in [3.05, 3.63) is 23.7 Å². The molecule has 0 amide bonds. The first-order chi connectivity index (χ1) is 6.93. The normalized spacial score (nSPS) is 6.55. The van der Waals surface area contributed by atoms with Crippen LogP contribution in [0.3, 0.4) is 0 Å². The Morgan fingerprint density at radius 2 is 0.318 bits per heavy atom. The molecule has 0 radical (unpaired) electrons. The molecular weight excluding hydrogens is 352 g/mol. The second-order valence-corrected chi connectivity index (χ2v) is 6.00. The van der Waals surface area contributed by atoms with Crippen LogP contribution in [0.5, 0.6) is 0 Å². The summed E-state index contributed by atoms with van der Waals surface area (Å²) < 4.78 is 0. The van der Waals surface area contributed by atoms with Gasteiger partial charge in [-0.05, 0) is 0 Å². The second kappa shape index (κ2) is 57.2. The molecule has 140 valence electrons. The van der Waals surface area contributed by atoms with Gasteiger partial charge in [0.25, 0.3) is 0 Å². The molecule has 0 saturated heterocycles. The van der Waals surface area contributed by atoms with E-state index in [-0.39, 0.29) is 65.3 Å². The van der Waals surface area contributed by atoms with Crippen molar-refractivity contribution in [3.8, 4) is 0 Å². The third-order valence-corrected chi connectivity index (χ3v) is 0. The number of hydrogen-bond donors (Lipinski definition) is 0. The van der Waals surface area contributed by atoms with E-state index in [4.69, 9.17) is 0 Å². The fourth-order valence-electron chi connectivity index (χ4n) is 0. The minimum atomic E-state index is 0. The van der Waals surface area contributed by atoms with Gasteiger partial charge in [-0.25, -0.2) is 0 Å². The van der Waals surface area contributed by atoms with Gasteiger partial charge in [-0.15, -0.1) is 0 Å². The molecule has 8 N–H and O–H groups in total. The smallest absolute Gasteiger partial charge is 0.412 e. The van der Waals surface area contributed by atoms with E-state index in [9.17, 15) is 0 Å². The summed E-state index contributed by atoms with van der Waals surface area (Å²) in [7, 11) is 0. The summed E-state index contributed by atoms with van der Waals surface area (Å²) in [6, 6.07) is 0. The van der Waals surface area contributed by atoms with Gasteiger partial charge in [-0.1, -0.05) is 0 Å². The molecule has 0 aromatic carbocycles. The maximum atomic E-state index is 2.08. The first-order valence-electron chi connectivity index (χ1n) is 6.00. The van der Waals surface area contributed by atoms with Crippen molar-refractivity contribution in [2.24, 2.45) is 0 Å². The monoisotopic (exact) mass is 396 g/mol. The van der Waals surface area contributed by atoms with E-state index in [1.807, 2.05) is 0 Å². The molecule has 22 heavy (non-hydrogen) atoms. The van der Waals surface area contributed by atoms with E-state index in [1.54, 1.807) is 0 Å². The van der Waals surface area contributed by atoms with Crippen LogP contribution < -0.4 is 0 Å². The maximum absolute atomic E-state index is 2.08. The predicted molar refractivity (Wildman–Crippen MR) is 95.5 cm³/mol.